The molecular formula is C22H30N2O4S. The first-order valence-electron chi connectivity index (χ1n) is 9.70. The fourth-order valence-electron chi connectivity index (χ4n) is 2.78. The first kappa shape index (κ1) is 23.1. The molecule has 0 spiro atoms. The van der Waals surface area contributed by atoms with Crippen LogP contribution in [0.3, 0.4) is 0 Å². The number of ether oxygens (including phenoxy) is 1. The van der Waals surface area contributed by atoms with Gasteiger partial charge < -0.3 is 10.1 Å². The normalized spacial score (nSPS) is 11.6. The van der Waals surface area contributed by atoms with Crippen molar-refractivity contribution in [3.63, 3.8) is 0 Å². The number of aryl methyl sites for hydroxylation is 2. The molecular weight excluding hydrogens is 388 g/mol. The predicted octanol–water partition coefficient (Wildman–Crippen LogP) is 3.21. The average molecular weight is 419 g/mol. The van der Waals surface area contributed by atoms with Crippen LogP contribution in [0, 0.1) is 13.8 Å². The van der Waals surface area contributed by atoms with Crippen LogP contribution in [0.5, 0.6) is 0 Å². The van der Waals surface area contributed by atoms with Crippen molar-refractivity contribution in [2.75, 3.05) is 6.54 Å². The van der Waals surface area contributed by atoms with Gasteiger partial charge in [0.15, 0.2) is 0 Å². The molecule has 2 aromatic rings. The molecule has 2 rings (SSSR count). The van der Waals surface area contributed by atoms with Gasteiger partial charge in [0, 0.05) is 19.5 Å². The molecule has 0 radical (unpaired) electrons. The standard InChI is InChI=1S/C22H30N2O4S/c1-16(2)28-15-20-8-6-19(7-9-20)14-23-22(25)11-12-24-29(26,27)21-10-5-17(3)13-18(21)4/h5-10,13,16,24H,11-12,14-15H2,1-4H3,(H,23,25). The van der Waals surface area contributed by atoms with Crippen LogP contribution >= 0.6 is 0 Å². The lowest BCUT2D eigenvalue weighted by molar-refractivity contribution is -0.121. The van der Waals surface area contributed by atoms with E-state index in [-0.39, 0.29) is 29.9 Å². The van der Waals surface area contributed by atoms with E-state index in [0.29, 0.717) is 18.7 Å². The van der Waals surface area contributed by atoms with Crippen molar-refractivity contribution in [1.29, 1.82) is 0 Å². The molecule has 1 amide bonds. The first-order valence-corrected chi connectivity index (χ1v) is 11.2. The second-order valence-corrected chi connectivity index (χ2v) is 9.11. The van der Waals surface area contributed by atoms with Crippen LogP contribution in [0.1, 0.15) is 42.5 Å². The monoisotopic (exact) mass is 418 g/mol. The molecule has 0 aliphatic heterocycles. The summed E-state index contributed by atoms with van der Waals surface area (Å²) in [4.78, 5) is 12.3. The molecule has 0 saturated heterocycles. The molecule has 0 aliphatic carbocycles. The molecule has 0 aliphatic rings. The molecule has 6 nitrogen and oxygen atoms in total. The molecule has 0 heterocycles. The highest BCUT2D eigenvalue weighted by molar-refractivity contribution is 7.89. The van der Waals surface area contributed by atoms with Crippen LogP contribution in [-0.2, 0) is 32.7 Å². The van der Waals surface area contributed by atoms with Crippen molar-refractivity contribution < 1.29 is 17.9 Å². The van der Waals surface area contributed by atoms with Gasteiger partial charge in [-0.05, 0) is 50.5 Å². The Bertz CT molecular complexity index is 922. The van der Waals surface area contributed by atoms with Gasteiger partial charge in [-0.15, -0.1) is 0 Å². The van der Waals surface area contributed by atoms with E-state index in [2.05, 4.69) is 10.0 Å². The van der Waals surface area contributed by atoms with Crippen LogP contribution < -0.4 is 10.0 Å². The summed E-state index contributed by atoms with van der Waals surface area (Å²) >= 11 is 0. The van der Waals surface area contributed by atoms with Gasteiger partial charge in [0.25, 0.3) is 0 Å². The number of carbonyl (C=O) groups excluding carboxylic acids is 1. The van der Waals surface area contributed by atoms with Crippen molar-refractivity contribution in [2.45, 2.75) is 58.3 Å². The smallest absolute Gasteiger partial charge is 0.240 e. The quantitative estimate of drug-likeness (QED) is 0.620. The number of benzene rings is 2. The molecule has 0 unspecified atom stereocenters. The summed E-state index contributed by atoms with van der Waals surface area (Å²) in [5, 5.41) is 2.81. The van der Waals surface area contributed by atoms with Gasteiger partial charge in [0.05, 0.1) is 17.6 Å². The summed E-state index contributed by atoms with van der Waals surface area (Å²) in [5.74, 6) is -0.208. The summed E-state index contributed by atoms with van der Waals surface area (Å²) in [6.07, 6.45) is 0.256. The minimum absolute atomic E-state index is 0.0486. The van der Waals surface area contributed by atoms with Gasteiger partial charge in [-0.25, -0.2) is 13.1 Å². The van der Waals surface area contributed by atoms with E-state index in [0.717, 1.165) is 16.7 Å². The van der Waals surface area contributed by atoms with Gasteiger partial charge >= 0.3 is 0 Å². The van der Waals surface area contributed by atoms with Gasteiger partial charge in [0.1, 0.15) is 0 Å². The Kier molecular flexibility index (Phi) is 8.37. The lowest BCUT2D eigenvalue weighted by Gasteiger charge is -2.11. The van der Waals surface area contributed by atoms with E-state index >= 15 is 0 Å². The predicted molar refractivity (Wildman–Crippen MR) is 114 cm³/mol. The molecule has 0 atom stereocenters. The van der Waals surface area contributed by atoms with Crippen molar-refractivity contribution in [3.05, 3.63) is 64.7 Å². The molecule has 2 N–H and O–H groups in total. The SMILES string of the molecule is Cc1ccc(S(=O)(=O)NCCC(=O)NCc2ccc(COC(C)C)cc2)c(C)c1. The Balaban J connectivity index is 1.77. The van der Waals surface area contributed by atoms with Crippen molar-refractivity contribution in [2.24, 2.45) is 0 Å². The largest absolute Gasteiger partial charge is 0.374 e. The number of amides is 1. The average Bonchev–Trinajstić information content (AvgIpc) is 2.65. The summed E-state index contributed by atoms with van der Waals surface area (Å²) < 4.78 is 32.8. The summed E-state index contributed by atoms with van der Waals surface area (Å²) in [6, 6.07) is 13.0. The Morgan fingerprint density at radius 3 is 2.31 bits per heavy atom. The number of sulfonamides is 1. The van der Waals surface area contributed by atoms with Gasteiger partial charge in [-0.3, -0.25) is 4.79 Å². The van der Waals surface area contributed by atoms with Crippen molar-refractivity contribution in [1.82, 2.24) is 10.0 Å². The minimum atomic E-state index is -3.63. The zero-order valence-electron chi connectivity index (χ0n) is 17.5. The van der Waals surface area contributed by atoms with Gasteiger partial charge in [0.2, 0.25) is 15.9 Å². The highest BCUT2D eigenvalue weighted by Crippen LogP contribution is 2.16. The van der Waals surface area contributed by atoms with Crippen LogP contribution in [0.15, 0.2) is 47.4 Å². The molecule has 0 bridgehead atoms. The number of carbonyl (C=O) groups is 1. The van der Waals surface area contributed by atoms with E-state index in [1.165, 1.54) is 0 Å². The van der Waals surface area contributed by atoms with Crippen LogP contribution in [0.4, 0.5) is 0 Å². The van der Waals surface area contributed by atoms with Crippen molar-refractivity contribution in [3.8, 4) is 0 Å². The molecule has 0 fully saturated rings. The maximum atomic E-state index is 12.4. The second kappa shape index (κ2) is 10.5. The number of hydrogen-bond donors (Lipinski definition) is 2. The van der Waals surface area contributed by atoms with Gasteiger partial charge in [-0.2, -0.15) is 0 Å². The van der Waals surface area contributed by atoms with Crippen molar-refractivity contribution >= 4 is 15.9 Å². The van der Waals surface area contributed by atoms with E-state index < -0.39 is 10.0 Å². The van der Waals surface area contributed by atoms with E-state index in [1.807, 2.05) is 51.1 Å². The Morgan fingerprint density at radius 1 is 1.03 bits per heavy atom. The third-order valence-electron chi connectivity index (χ3n) is 4.36. The fourth-order valence-corrected chi connectivity index (χ4v) is 4.04. The molecule has 158 valence electrons. The number of rotatable bonds is 10. The Morgan fingerprint density at radius 2 is 1.69 bits per heavy atom. The molecule has 2 aromatic carbocycles. The van der Waals surface area contributed by atoms with Crippen LogP contribution in [0.25, 0.3) is 0 Å². The summed E-state index contributed by atoms with van der Waals surface area (Å²) in [7, 11) is -3.63. The third-order valence-corrected chi connectivity index (χ3v) is 5.98. The molecule has 0 aromatic heterocycles. The third kappa shape index (κ3) is 7.61. The van der Waals surface area contributed by atoms with E-state index in [9.17, 15) is 13.2 Å². The maximum absolute atomic E-state index is 12.4. The van der Waals surface area contributed by atoms with E-state index in [4.69, 9.17) is 4.74 Å². The maximum Gasteiger partial charge on any atom is 0.240 e. The fraction of sp³-hybridized carbons (Fsp3) is 0.409. The lowest BCUT2D eigenvalue weighted by Crippen LogP contribution is -2.30. The lowest BCUT2D eigenvalue weighted by atomic mass is 10.1. The minimum Gasteiger partial charge on any atom is -0.374 e. The zero-order valence-corrected chi connectivity index (χ0v) is 18.3. The highest BCUT2D eigenvalue weighted by atomic mass is 32.2. The molecule has 29 heavy (non-hydrogen) atoms. The van der Waals surface area contributed by atoms with Crippen LogP contribution in [0.2, 0.25) is 0 Å². The molecule has 0 saturated carbocycles. The summed E-state index contributed by atoms with van der Waals surface area (Å²) in [5.41, 5.74) is 3.74. The molecule has 7 heteroatoms. The van der Waals surface area contributed by atoms with E-state index in [1.54, 1.807) is 19.1 Å². The summed E-state index contributed by atoms with van der Waals surface area (Å²) in [6.45, 7) is 8.66. The first-order chi connectivity index (χ1) is 13.7. The number of nitrogens with one attached hydrogen (secondary N) is 2. The Labute approximate surface area is 173 Å². The zero-order chi connectivity index (χ0) is 21.4. The number of hydrogen-bond acceptors (Lipinski definition) is 4. The topological polar surface area (TPSA) is 84.5 Å². The van der Waals surface area contributed by atoms with Gasteiger partial charge in [-0.1, -0.05) is 42.0 Å². The van der Waals surface area contributed by atoms with Crippen LogP contribution in [-0.4, -0.2) is 27.0 Å². The second-order valence-electron chi connectivity index (χ2n) is 7.37. The Hall–Kier alpha value is -2.22. The highest BCUT2D eigenvalue weighted by Gasteiger charge is 2.16.